The van der Waals surface area contributed by atoms with Crippen LogP contribution in [-0.2, 0) is 16.1 Å². The number of methoxy groups -OCH3 is 1. The molecule has 1 aromatic rings. The van der Waals surface area contributed by atoms with Gasteiger partial charge in [0.2, 0.25) is 5.91 Å². The Morgan fingerprint density at radius 3 is 2.75 bits per heavy atom. The summed E-state index contributed by atoms with van der Waals surface area (Å²) in [5, 5.41) is 0. The van der Waals surface area contributed by atoms with Crippen LogP contribution in [0.25, 0.3) is 0 Å². The molecule has 2 fully saturated rings. The summed E-state index contributed by atoms with van der Waals surface area (Å²) >= 11 is 7.71. The van der Waals surface area contributed by atoms with Gasteiger partial charge in [-0.25, -0.2) is 0 Å². The van der Waals surface area contributed by atoms with E-state index in [4.69, 9.17) is 16.3 Å². The zero-order valence-corrected chi connectivity index (χ0v) is 16.0. The van der Waals surface area contributed by atoms with Crippen molar-refractivity contribution < 1.29 is 9.53 Å². The average molecular weight is 371 g/mol. The lowest BCUT2D eigenvalue weighted by Crippen LogP contribution is -2.51. The minimum Gasteiger partial charge on any atom is -0.385 e. The summed E-state index contributed by atoms with van der Waals surface area (Å²) in [6, 6.07) is 4.12. The smallest absolute Gasteiger partial charge is 0.222 e. The van der Waals surface area contributed by atoms with Crippen molar-refractivity contribution in [2.24, 2.45) is 5.41 Å². The van der Waals surface area contributed by atoms with E-state index in [2.05, 4.69) is 15.9 Å². The molecule has 2 aliphatic heterocycles. The number of hydrogen-bond donors (Lipinski definition) is 0. The van der Waals surface area contributed by atoms with E-state index in [1.165, 1.54) is 17.7 Å². The van der Waals surface area contributed by atoms with Gasteiger partial charge in [-0.05, 0) is 56.3 Å². The molecule has 0 radical (unpaired) electrons. The van der Waals surface area contributed by atoms with Crippen LogP contribution in [0.4, 0.5) is 0 Å². The molecule has 3 rings (SSSR count). The second kappa shape index (κ2) is 8.17. The van der Waals surface area contributed by atoms with Crippen molar-refractivity contribution in [1.29, 1.82) is 0 Å². The van der Waals surface area contributed by atoms with Crippen LogP contribution in [0.1, 0.15) is 37.0 Å². The van der Waals surface area contributed by atoms with Crippen molar-refractivity contribution in [3.05, 3.63) is 21.3 Å². The third kappa shape index (κ3) is 4.51. The summed E-state index contributed by atoms with van der Waals surface area (Å²) < 4.78 is 6.00. The van der Waals surface area contributed by atoms with Crippen LogP contribution in [0.5, 0.6) is 0 Å². The van der Waals surface area contributed by atoms with E-state index in [1.54, 1.807) is 18.4 Å². The number of halogens is 1. The number of carbonyl (C=O) groups is 1. The Hall–Kier alpha value is -0.620. The summed E-state index contributed by atoms with van der Waals surface area (Å²) in [6.07, 6.45) is 5.10. The monoisotopic (exact) mass is 370 g/mol. The van der Waals surface area contributed by atoms with E-state index >= 15 is 0 Å². The number of ether oxygens (including phenoxy) is 1. The first-order valence-electron chi connectivity index (χ1n) is 8.84. The molecule has 1 aromatic heterocycles. The van der Waals surface area contributed by atoms with Crippen molar-refractivity contribution in [3.8, 4) is 0 Å². The lowest BCUT2D eigenvalue weighted by molar-refractivity contribution is -0.139. The highest BCUT2D eigenvalue weighted by molar-refractivity contribution is 7.16. The second-order valence-electron chi connectivity index (χ2n) is 7.14. The van der Waals surface area contributed by atoms with Gasteiger partial charge in [0.05, 0.1) is 4.34 Å². The largest absolute Gasteiger partial charge is 0.385 e. The fourth-order valence-electron chi connectivity index (χ4n) is 3.96. The van der Waals surface area contributed by atoms with Crippen molar-refractivity contribution in [3.63, 3.8) is 0 Å². The van der Waals surface area contributed by atoms with Gasteiger partial charge in [-0.3, -0.25) is 9.69 Å². The lowest BCUT2D eigenvalue weighted by atomic mass is 9.72. The molecular weight excluding hydrogens is 344 g/mol. The average Bonchev–Trinajstić information content (AvgIpc) is 2.99. The van der Waals surface area contributed by atoms with Crippen molar-refractivity contribution >= 4 is 28.8 Å². The van der Waals surface area contributed by atoms with Crippen LogP contribution in [-0.4, -0.2) is 55.6 Å². The van der Waals surface area contributed by atoms with Crippen LogP contribution in [0.2, 0.25) is 4.34 Å². The maximum atomic E-state index is 12.2. The molecule has 0 aliphatic carbocycles. The van der Waals surface area contributed by atoms with E-state index in [0.29, 0.717) is 17.7 Å². The van der Waals surface area contributed by atoms with Crippen LogP contribution < -0.4 is 0 Å². The first kappa shape index (κ1) is 18.2. The molecule has 0 saturated carbocycles. The SMILES string of the molecule is COCCCN1CC2(CCC1=O)CCN(Cc1ccc(Cl)s1)CC2. The van der Waals surface area contributed by atoms with Crippen molar-refractivity contribution in [2.45, 2.75) is 38.6 Å². The molecule has 0 atom stereocenters. The summed E-state index contributed by atoms with van der Waals surface area (Å²) in [4.78, 5) is 18.1. The van der Waals surface area contributed by atoms with Gasteiger partial charge in [-0.2, -0.15) is 0 Å². The molecule has 24 heavy (non-hydrogen) atoms. The summed E-state index contributed by atoms with van der Waals surface area (Å²) in [7, 11) is 1.72. The van der Waals surface area contributed by atoms with E-state index in [0.717, 1.165) is 56.5 Å². The number of piperidine rings is 2. The molecular formula is C18H27ClN2O2S. The molecule has 2 aliphatic rings. The summed E-state index contributed by atoms with van der Waals surface area (Å²) in [6.45, 7) is 5.75. The van der Waals surface area contributed by atoms with E-state index in [-0.39, 0.29) is 0 Å². The number of hydrogen-bond acceptors (Lipinski definition) is 4. The quantitative estimate of drug-likeness (QED) is 0.716. The third-order valence-corrected chi connectivity index (χ3v) is 6.67. The Morgan fingerprint density at radius 2 is 2.08 bits per heavy atom. The summed E-state index contributed by atoms with van der Waals surface area (Å²) in [5.74, 6) is 0.326. The molecule has 0 aromatic carbocycles. The van der Waals surface area contributed by atoms with E-state index in [1.807, 2.05) is 6.07 Å². The minimum atomic E-state index is 0.326. The van der Waals surface area contributed by atoms with Gasteiger partial charge < -0.3 is 9.64 Å². The maximum Gasteiger partial charge on any atom is 0.222 e. The first-order valence-corrected chi connectivity index (χ1v) is 10.0. The Labute approximate surface area is 153 Å². The predicted molar refractivity (Wildman–Crippen MR) is 98.6 cm³/mol. The third-order valence-electron chi connectivity index (χ3n) is 5.45. The second-order valence-corrected chi connectivity index (χ2v) is 8.94. The van der Waals surface area contributed by atoms with Crippen LogP contribution >= 0.6 is 22.9 Å². The van der Waals surface area contributed by atoms with Crippen molar-refractivity contribution in [1.82, 2.24) is 9.80 Å². The van der Waals surface area contributed by atoms with Gasteiger partial charge in [-0.15, -0.1) is 11.3 Å². The van der Waals surface area contributed by atoms with Gasteiger partial charge in [0.1, 0.15) is 0 Å². The zero-order chi connectivity index (χ0) is 17.0. The molecule has 1 spiro atoms. The fraction of sp³-hybridized carbons (Fsp3) is 0.722. The normalized spacial score (nSPS) is 21.6. The number of amides is 1. The Bertz CT molecular complexity index is 555. The number of nitrogens with zero attached hydrogens (tertiary/aromatic N) is 2. The molecule has 0 unspecified atom stereocenters. The highest BCUT2D eigenvalue weighted by atomic mass is 35.5. The Morgan fingerprint density at radius 1 is 1.29 bits per heavy atom. The number of likely N-dealkylation sites (tertiary alicyclic amines) is 2. The number of carbonyl (C=O) groups excluding carboxylic acids is 1. The van der Waals surface area contributed by atoms with Gasteiger partial charge in [-0.1, -0.05) is 11.6 Å². The minimum absolute atomic E-state index is 0.326. The van der Waals surface area contributed by atoms with Crippen LogP contribution in [0.15, 0.2) is 12.1 Å². The molecule has 134 valence electrons. The highest BCUT2D eigenvalue weighted by Gasteiger charge is 2.40. The predicted octanol–water partition coefficient (Wildman–Crippen LogP) is 3.64. The van der Waals surface area contributed by atoms with Gasteiger partial charge >= 0.3 is 0 Å². The Balaban J connectivity index is 1.51. The summed E-state index contributed by atoms with van der Waals surface area (Å²) in [5.41, 5.74) is 0.338. The molecule has 2 saturated heterocycles. The van der Waals surface area contributed by atoms with Gasteiger partial charge in [0, 0.05) is 44.6 Å². The lowest BCUT2D eigenvalue weighted by Gasteiger charge is -2.47. The molecule has 0 bridgehead atoms. The van der Waals surface area contributed by atoms with Crippen LogP contribution in [0.3, 0.4) is 0 Å². The molecule has 0 N–H and O–H groups in total. The standard InChI is InChI=1S/C18H27ClN2O2S/c1-23-12-2-9-21-14-18(6-5-17(21)22)7-10-20(11-8-18)13-15-3-4-16(19)24-15/h3-4H,2,5-14H2,1H3. The van der Waals surface area contributed by atoms with Crippen molar-refractivity contribution in [2.75, 3.05) is 39.9 Å². The molecule has 4 nitrogen and oxygen atoms in total. The van der Waals surface area contributed by atoms with Gasteiger partial charge in [0.25, 0.3) is 0 Å². The first-order chi connectivity index (χ1) is 11.6. The molecule has 1 amide bonds. The Kier molecular flexibility index (Phi) is 6.19. The number of thiophene rings is 1. The van der Waals surface area contributed by atoms with E-state index < -0.39 is 0 Å². The fourth-order valence-corrected chi connectivity index (χ4v) is 5.09. The maximum absolute atomic E-state index is 12.2. The highest BCUT2D eigenvalue weighted by Crippen LogP contribution is 2.40. The van der Waals surface area contributed by atoms with Crippen LogP contribution in [0, 0.1) is 5.41 Å². The molecule has 6 heteroatoms. The zero-order valence-electron chi connectivity index (χ0n) is 14.4. The van der Waals surface area contributed by atoms with Gasteiger partial charge in [0.15, 0.2) is 0 Å². The van der Waals surface area contributed by atoms with E-state index in [9.17, 15) is 4.79 Å². The topological polar surface area (TPSA) is 32.8 Å². The number of rotatable bonds is 6. The molecule has 3 heterocycles.